The summed E-state index contributed by atoms with van der Waals surface area (Å²) in [6.07, 6.45) is 22.8. The van der Waals surface area contributed by atoms with Crippen molar-refractivity contribution in [3.05, 3.63) is 12.2 Å². The van der Waals surface area contributed by atoms with Crippen LogP contribution in [0.4, 0.5) is 0 Å². The molecule has 264 valence electrons. The Bertz CT molecular complexity index is 765. The van der Waals surface area contributed by atoms with Gasteiger partial charge >= 0.3 is 17.9 Å². The highest BCUT2D eigenvalue weighted by molar-refractivity contribution is 5.71. The minimum atomic E-state index is -1.50. The lowest BCUT2D eigenvalue weighted by Gasteiger charge is -2.25. The zero-order chi connectivity index (χ0) is 33.6. The average Bonchev–Trinajstić information content (AvgIpc) is 2.98. The summed E-state index contributed by atoms with van der Waals surface area (Å²) in [6, 6.07) is 0. The molecule has 45 heavy (non-hydrogen) atoms. The molecule has 0 rings (SSSR count). The first-order chi connectivity index (χ1) is 21.6. The van der Waals surface area contributed by atoms with E-state index in [9.17, 15) is 19.5 Å². The number of nitrogens with zero attached hydrogens (tertiary/aromatic N) is 1. The second-order valence-corrected chi connectivity index (χ2v) is 13.2. The van der Waals surface area contributed by atoms with Crippen LogP contribution in [0.3, 0.4) is 0 Å². The summed E-state index contributed by atoms with van der Waals surface area (Å²) in [4.78, 5) is 36.7. The zero-order valence-corrected chi connectivity index (χ0v) is 29.5. The molecule has 9 heteroatoms. The number of hydrogen-bond donors (Lipinski definition) is 1. The molecule has 0 fully saturated rings. The van der Waals surface area contributed by atoms with E-state index >= 15 is 0 Å². The third-order valence-electron chi connectivity index (χ3n) is 7.52. The lowest BCUT2D eigenvalue weighted by molar-refractivity contribution is -0.870. The van der Waals surface area contributed by atoms with E-state index in [1.807, 2.05) is 21.1 Å². The molecule has 0 amide bonds. The summed E-state index contributed by atoms with van der Waals surface area (Å²) in [6.45, 7) is 4.77. The fourth-order valence-corrected chi connectivity index (χ4v) is 4.64. The lowest BCUT2D eigenvalue weighted by Crippen LogP contribution is -2.40. The normalized spacial score (nSPS) is 13.2. The SMILES string of the molecule is CCCC/C=C\CCCCCCCC(=O)OC(COC(=O)CCCCCCCCCCC)COC(OCC[N+](C)(C)C)C(=O)O. The zero-order valence-electron chi connectivity index (χ0n) is 29.5. The monoisotopic (exact) mass is 642 g/mol. The predicted molar refractivity (Wildman–Crippen MR) is 180 cm³/mol. The summed E-state index contributed by atoms with van der Waals surface area (Å²) in [7, 11) is 5.93. The smallest absolute Gasteiger partial charge is 0.361 e. The van der Waals surface area contributed by atoms with Crippen molar-refractivity contribution in [1.29, 1.82) is 0 Å². The van der Waals surface area contributed by atoms with Crippen LogP contribution in [0.15, 0.2) is 12.2 Å². The summed E-state index contributed by atoms with van der Waals surface area (Å²) in [5, 5.41) is 9.55. The maximum absolute atomic E-state index is 12.6. The van der Waals surface area contributed by atoms with Gasteiger partial charge in [-0.25, -0.2) is 4.79 Å². The highest BCUT2D eigenvalue weighted by Gasteiger charge is 2.25. The van der Waals surface area contributed by atoms with Gasteiger partial charge in [0.15, 0.2) is 6.10 Å². The van der Waals surface area contributed by atoms with Gasteiger partial charge in [-0.3, -0.25) is 9.59 Å². The summed E-state index contributed by atoms with van der Waals surface area (Å²) in [5.41, 5.74) is 0. The minimum absolute atomic E-state index is 0.182. The number of allylic oxidation sites excluding steroid dienone is 2. The Labute approximate surface area is 275 Å². The van der Waals surface area contributed by atoms with Crippen LogP contribution < -0.4 is 0 Å². The number of carbonyl (C=O) groups excluding carboxylic acids is 2. The number of carboxylic acid groups (broad SMARTS) is 1. The fraction of sp³-hybridized carbons (Fsp3) is 0.861. The number of rotatable bonds is 32. The number of carboxylic acids is 1. The van der Waals surface area contributed by atoms with Gasteiger partial charge in [-0.2, -0.15) is 0 Å². The van der Waals surface area contributed by atoms with Crippen molar-refractivity contribution in [2.75, 3.05) is 47.5 Å². The van der Waals surface area contributed by atoms with Crippen molar-refractivity contribution in [2.45, 2.75) is 155 Å². The van der Waals surface area contributed by atoms with Crippen molar-refractivity contribution < 1.29 is 42.9 Å². The van der Waals surface area contributed by atoms with E-state index in [0.29, 0.717) is 23.9 Å². The van der Waals surface area contributed by atoms with Crippen LogP contribution >= 0.6 is 0 Å². The topological polar surface area (TPSA) is 108 Å². The van der Waals surface area contributed by atoms with Gasteiger partial charge in [0.25, 0.3) is 6.29 Å². The quantitative estimate of drug-likeness (QED) is 0.0259. The number of unbranched alkanes of at least 4 members (excludes halogenated alkanes) is 15. The second kappa shape index (κ2) is 29.4. The molecule has 0 aromatic rings. The Morgan fingerprint density at radius 3 is 1.71 bits per heavy atom. The van der Waals surface area contributed by atoms with Crippen LogP contribution in [-0.2, 0) is 33.3 Å². The molecule has 0 aromatic carbocycles. The van der Waals surface area contributed by atoms with E-state index in [4.69, 9.17) is 18.9 Å². The number of esters is 2. The van der Waals surface area contributed by atoms with Crippen LogP contribution in [0.1, 0.15) is 142 Å². The Balaban J connectivity index is 4.60. The van der Waals surface area contributed by atoms with Gasteiger partial charge in [0.1, 0.15) is 13.2 Å². The van der Waals surface area contributed by atoms with Crippen LogP contribution in [0.2, 0.25) is 0 Å². The lowest BCUT2D eigenvalue weighted by atomic mass is 10.1. The van der Waals surface area contributed by atoms with E-state index in [1.54, 1.807) is 0 Å². The molecule has 0 saturated carbocycles. The highest BCUT2D eigenvalue weighted by atomic mass is 16.7. The molecular weight excluding hydrogens is 574 g/mol. The molecule has 0 saturated heterocycles. The molecule has 0 aliphatic carbocycles. The molecule has 0 radical (unpaired) electrons. The predicted octanol–water partition coefficient (Wildman–Crippen LogP) is 7.99. The maximum Gasteiger partial charge on any atom is 0.361 e. The molecule has 0 aromatic heterocycles. The summed E-state index contributed by atoms with van der Waals surface area (Å²) < 4.78 is 22.5. The van der Waals surface area contributed by atoms with Gasteiger partial charge in [0.2, 0.25) is 0 Å². The van der Waals surface area contributed by atoms with E-state index in [2.05, 4.69) is 26.0 Å². The van der Waals surface area contributed by atoms with E-state index < -0.39 is 24.3 Å². The molecule has 0 aliphatic rings. The number of quaternary nitrogens is 1. The molecule has 9 nitrogen and oxygen atoms in total. The average molecular weight is 643 g/mol. The summed E-state index contributed by atoms with van der Waals surface area (Å²) >= 11 is 0. The Kier molecular flexibility index (Phi) is 28.1. The Morgan fingerprint density at radius 1 is 0.644 bits per heavy atom. The van der Waals surface area contributed by atoms with Crippen LogP contribution in [0, 0.1) is 0 Å². The van der Waals surface area contributed by atoms with Gasteiger partial charge in [-0.1, -0.05) is 109 Å². The second-order valence-electron chi connectivity index (χ2n) is 13.2. The van der Waals surface area contributed by atoms with E-state index in [0.717, 1.165) is 57.8 Å². The molecule has 0 spiro atoms. The van der Waals surface area contributed by atoms with Crippen LogP contribution in [-0.4, -0.2) is 87.4 Å². The number of likely N-dealkylation sites (N-methyl/N-ethyl adjacent to an activating group) is 1. The van der Waals surface area contributed by atoms with Crippen molar-refractivity contribution in [1.82, 2.24) is 0 Å². The highest BCUT2D eigenvalue weighted by Crippen LogP contribution is 2.13. The first-order valence-electron chi connectivity index (χ1n) is 17.9. The molecular formula is C36H68NO8+. The van der Waals surface area contributed by atoms with Crippen molar-refractivity contribution in [2.24, 2.45) is 0 Å². The largest absolute Gasteiger partial charge is 0.477 e. The Hall–Kier alpha value is -1.97. The molecule has 2 unspecified atom stereocenters. The molecule has 0 bridgehead atoms. The van der Waals surface area contributed by atoms with Crippen molar-refractivity contribution in [3.8, 4) is 0 Å². The number of carbonyl (C=O) groups is 3. The van der Waals surface area contributed by atoms with Gasteiger partial charge in [-0.05, 0) is 32.1 Å². The Morgan fingerprint density at radius 2 is 1.16 bits per heavy atom. The van der Waals surface area contributed by atoms with Crippen LogP contribution in [0.5, 0.6) is 0 Å². The standard InChI is InChI=1S/C36H67NO8/c1-6-8-10-12-14-16-17-19-21-23-25-27-34(39)45-32(31-44-36(35(40)41)42-29-28-37(3,4)5)30-43-33(38)26-24-22-20-18-15-13-11-9-7-2/h12,14,32,36H,6-11,13,15-31H2,1-5H3/p+1/b14-12-. The van der Waals surface area contributed by atoms with Crippen LogP contribution in [0.25, 0.3) is 0 Å². The van der Waals surface area contributed by atoms with Crippen molar-refractivity contribution in [3.63, 3.8) is 0 Å². The van der Waals surface area contributed by atoms with Gasteiger partial charge in [-0.15, -0.1) is 0 Å². The van der Waals surface area contributed by atoms with Crippen molar-refractivity contribution >= 4 is 17.9 Å². The van der Waals surface area contributed by atoms with Gasteiger partial charge in [0, 0.05) is 12.8 Å². The van der Waals surface area contributed by atoms with E-state index in [1.165, 1.54) is 51.4 Å². The molecule has 0 aliphatic heterocycles. The fourth-order valence-electron chi connectivity index (χ4n) is 4.64. The number of hydrogen-bond acceptors (Lipinski definition) is 7. The summed E-state index contributed by atoms with van der Waals surface area (Å²) in [5.74, 6) is -2.02. The molecule has 0 heterocycles. The first kappa shape index (κ1) is 43.0. The van der Waals surface area contributed by atoms with Gasteiger partial charge in [0.05, 0.1) is 34.4 Å². The molecule has 2 atom stereocenters. The number of aliphatic carboxylic acids is 1. The first-order valence-corrected chi connectivity index (χ1v) is 17.9. The molecule has 1 N–H and O–H groups in total. The third kappa shape index (κ3) is 30.4. The third-order valence-corrected chi connectivity index (χ3v) is 7.52. The minimum Gasteiger partial charge on any atom is -0.477 e. The number of ether oxygens (including phenoxy) is 4. The van der Waals surface area contributed by atoms with E-state index in [-0.39, 0.29) is 32.2 Å². The van der Waals surface area contributed by atoms with Gasteiger partial charge < -0.3 is 28.5 Å². The maximum atomic E-state index is 12.6.